The second-order valence-electron chi connectivity index (χ2n) is 2.84. The second kappa shape index (κ2) is 5.97. The van der Waals surface area contributed by atoms with E-state index in [1.807, 2.05) is 12.1 Å². The standard InChI is InChI=1S/C8H19N3O/c1-4-7-10(2)11(3)8(12)5-6-9/h4-7,9H2,1-3H3. The van der Waals surface area contributed by atoms with Gasteiger partial charge in [0.25, 0.3) is 0 Å². The van der Waals surface area contributed by atoms with Gasteiger partial charge in [-0.25, -0.2) is 5.01 Å². The number of carbonyl (C=O) groups is 1. The maximum atomic E-state index is 11.3. The number of carbonyl (C=O) groups excluding carboxylic acids is 1. The van der Waals surface area contributed by atoms with Crippen LogP contribution in [0.3, 0.4) is 0 Å². The second-order valence-corrected chi connectivity index (χ2v) is 2.84. The minimum absolute atomic E-state index is 0.0773. The number of hydrogen-bond donors (Lipinski definition) is 1. The molecule has 4 nitrogen and oxygen atoms in total. The Morgan fingerprint density at radius 3 is 2.42 bits per heavy atom. The Balaban J connectivity index is 3.82. The van der Waals surface area contributed by atoms with Crippen molar-refractivity contribution in [2.24, 2.45) is 5.73 Å². The molecule has 0 bridgehead atoms. The lowest BCUT2D eigenvalue weighted by molar-refractivity contribution is -0.143. The molecule has 0 spiro atoms. The highest BCUT2D eigenvalue weighted by molar-refractivity contribution is 5.75. The number of hydrogen-bond acceptors (Lipinski definition) is 3. The van der Waals surface area contributed by atoms with E-state index in [0.717, 1.165) is 13.0 Å². The molecule has 2 N–H and O–H groups in total. The number of hydrazine groups is 1. The lowest BCUT2D eigenvalue weighted by atomic mass is 10.4. The van der Waals surface area contributed by atoms with Gasteiger partial charge in [-0.15, -0.1) is 0 Å². The van der Waals surface area contributed by atoms with Crippen LogP contribution < -0.4 is 5.73 Å². The largest absolute Gasteiger partial charge is 0.330 e. The van der Waals surface area contributed by atoms with Gasteiger partial charge in [0.2, 0.25) is 5.91 Å². The van der Waals surface area contributed by atoms with Crippen molar-refractivity contribution in [1.29, 1.82) is 0 Å². The van der Waals surface area contributed by atoms with Crippen molar-refractivity contribution in [3.05, 3.63) is 0 Å². The van der Waals surface area contributed by atoms with E-state index >= 15 is 0 Å². The lowest BCUT2D eigenvalue weighted by Gasteiger charge is -2.27. The molecule has 0 aromatic carbocycles. The van der Waals surface area contributed by atoms with E-state index in [1.54, 1.807) is 12.1 Å². The summed E-state index contributed by atoms with van der Waals surface area (Å²) in [4.78, 5) is 11.3. The molecule has 0 unspecified atom stereocenters. The predicted octanol–water partition coefficient (Wildman–Crippen LogP) is 0.0504. The van der Waals surface area contributed by atoms with Crippen LogP contribution in [0.25, 0.3) is 0 Å². The van der Waals surface area contributed by atoms with Gasteiger partial charge in [0, 0.05) is 33.6 Å². The normalized spacial score (nSPS) is 10.4. The highest BCUT2D eigenvalue weighted by atomic mass is 16.2. The molecule has 0 rings (SSSR count). The molecular formula is C8H19N3O. The number of nitrogens with two attached hydrogens (primary N) is 1. The highest BCUT2D eigenvalue weighted by Crippen LogP contribution is 1.95. The summed E-state index contributed by atoms with van der Waals surface area (Å²) >= 11 is 0. The van der Waals surface area contributed by atoms with Gasteiger partial charge < -0.3 is 5.73 Å². The Hall–Kier alpha value is -0.610. The van der Waals surface area contributed by atoms with Crippen LogP contribution in [0.4, 0.5) is 0 Å². The van der Waals surface area contributed by atoms with E-state index in [4.69, 9.17) is 5.73 Å². The minimum atomic E-state index is 0.0773. The first-order chi connectivity index (χ1) is 5.63. The molecule has 0 aromatic heterocycles. The number of amides is 1. The summed E-state index contributed by atoms with van der Waals surface area (Å²) in [6.07, 6.45) is 1.46. The smallest absolute Gasteiger partial charge is 0.237 e. The van der Waals surface area contributed by atoms with Gasteiger partial charge in [0.15, 0.2) is 0 Å². The SMILES string of the molecule is CCCN(C)N(C)C(=O)CCN. The fourth-order valence-electron chi connectivity index (χ4n) is 0.949. The molecule has 0 heterocycles. The van der Waals surface area contributed by atoms with E-state index in [0.29, 0.717) is 13.0 Å². The summed E-state index contributed by atoms with van der Waals surface area (Å²) in [7, 11) is 3.67. The van der Waals surface area contributed by atoms with Crippen LogP contribution in [0.5, 0.6) is 0 Å². The zero-order valence-electron chi connectivity index (χ0n) is 8.21. The zero-order valence-corrected chi connectivity index (χ0v) is 8.21. The van der Waals surface area contributed by atoms with E-state index in [1.165, 1.54) is 0 Å². The first kappa shape index (κ1) is 11.4. The minimum Gasteiger partial charge on any atom is -0.330 e. The van der Waals surface area contributed by atoms with Crippen LogP contribution in [-0.4, -0.2) is 43.1 Å². The van der Waals surface area contributed by atoms with E-state index in [2.05, 4.69) is 6.92 Å². The Morgan fingerprint density at radius 2 is 2.00 bits per heavy atom. The van der Waals surface area contributed by atoms with Crippen LogP contribution in [0.2, 0.25) is 0 Å². The van der Waals surface area contributed by atoms with Crippen LogP contribution in [0.15, 0.2) is 0 Å². The van der Waals surface area contributed by atoms with E-state index in [9.17, 15) is 4.79 Å². The monoisotopic (exact) mass is 173 g/mol. The van der Waals surface area contributed by atoms with Gasteiger partial charge in [-0.05, 0) is 6.42 Å². The maximum Gasteiger partial charge on any atom is 0.237 e. The molecule has 0 aliphatic carbocycles. The van der Waals surface area contributed by atoms with Crippen LogP contribution in [-0.2, 0) is 4.79 Å². The molecule has 0 aliphatic rings. The maximum absolute atomic E-state index is 11.3. The summed E-state index contributed by atoms with van der Waals surface area (Å²) in [6, 6.07) is 0. The summed E-state index contributed by atoms with van der Waals surface area (Å²) in [5, 5.41) is 3.52. The van der Waals surface area contributed by atoms with Gasteiger partial charge in [0.1, 0.15) is 0 Å². The van der Waals surface area contributed by atoms with Gasteiger partial charge in [0.05, 0.1) is 0 Å². The molecule has 0 fully saturated rings. The molecule has 0 saturated carbocycles. The Bertz CT molecular complexity index is 138. The fraction of sp³-hybridized carbons (Fsp3) is 0.875. The van der Waals surface area contributed by atoms with Crippen molar-refractivity contribution in [3.63, 3.8) is 0 Å². The molecule has 0 radical (unpaired) electrons. The van der Waals surface area contributed by atoms with Gasteiger partial charge in [-0.2, -0.15) is 0 Å². The van der Waals surface area contributed by atoms with Crippen molar-refractivity contribution in [3.8, 4) is 0 Å². The average Bonchev–Trinajstić information content (AvgIpc) is 2.04. The molecule has 0 atom stereocenters. The lowest BCUT2D eigenvalue weighted by Crippen LogP contribution is -2.42. The Kier molecular flexibility index (Phi) is 5.66. The number of rotatable bonds is 5. The Morgan fingerprint density at radius 1 is 1.42 bits per heavy atom. The van der Waals surface area contributed by atoms with Crippen LogP contribution >= 0.6 is 0 Å². The molecule has 72 valence electrons. The van der Waals surface area contributed by atoms with Gasteiger partial charge in [-0.1, -0.05) is 6.92 Å². The van der Waals surface area contributed by atoms with Crippen LogP contribution in [0.1, 0.15) is 19.8 Å². The van der Waals surface area contributed by atoms with E-state index in [-0.39, 0.29) is 5.91 Å². The fourth-order valence-corrected chi connectivity index (χ4v) is 0.949. The van der Waals surface area contributed by atoms with Gasteiger partial charge in [-0.3, -0.25) is 9.80 Å². The molecule has 0 aromatic rings. The predicted molar refractivity (Wildman–Crippen MR) is 49.4 cm³/mol. The first-order valence-corrected chi connectivity index (χ1v) is 4.31. The zero-order chi connectivity index (χ0) is 9.56. The van der Waals surface area contributed by atoms with Crippen molar-refractivity contribution in [2.75, 3.05) is 27.2 Å². The summed E-state index contributed by atoms with van der Waals surface area (Å²) in [5.41, 5.74) is 5.28. The van der Waals surface area contributed by atoms with E-state index < -0.39 is 0 Å². The molecule has 4 heteroatoms. The summed E-state index contributed by atoms with van der Waals surface area (Å²) < 4.78 is 0. The van der Waals surface area contributed by atoms with Crippen molar-refractivity contribution < 1.29 is 4.79 Å². The summed E-state index contributed by atoms with van der Waals surface area (Å²) in [6.45, 7) is 3.40. The van der Waals surface area contributed by atoms with Crippen LogP contribution in [0, 0.1) is 0 Å². The molecule has 12 heavy (non-hydrogen) atoms. The Labute approximate surface area is 74.3 Å². The third kappa shape index (κ3) is 3.69. The molecule has 0 saturated heterocycles. The third-order valence-electron chi connectivity index (χ3n) is 1.78. The quantitative estimate of drug-likeness (QED) is 0.598. The highest BCUT2D eigenvalue weighted by Gasteiger charge is 2.10. The molecule has 1 amide bonds. The molecule has 0 aliphatic heterocycles. The first-order valence-electron chi connectivity index (χ1n) is 4.31. The van der Waals surface area contributed by atoms with Gasteiger partial charge >= 0.3 is 0 Å². The van der Waals surface area contributed by atoms with Crippen molar-refractivity contribution >= 4 is 5.91 Å². The van der Waals surface area contributed by atoms with Crippen molar-refractivity contribution in [1.82, 2.24) is 10.0 Å². The third-order valence-corrected chi connectivity index (χ3v) is 1.78. The topological polar surface area (TPSA) is 49.6 Å². The molecular weight excluding hydrogens is 154 g/mol. The van der Waals surface area contributed by atoms with Crippen molar-refractivity contribution in [2.45, 2.75) is 19.8 Å². The number of nitrogens with zero attached hydrogens (tertiary/aromatic N) is 2. The summed E-state index contributed by atoms with van der Waals surface area (Å²) in [5.74, 6) is 0.0773. The average molecular weight is 173 g/mol.